The predicted molar refractivity (Wildman–Crippen MR) is 76.0 cm³/mol. The molecule has 1 N–H and O–H groups in total. The van der Waals surface area contributed by atoms with E-state index >= 15 is 0 Å². The number of carboxylic acid groups (broad SMARTS) is 1. The van der Waals surface area contributed by atoms with Crippen molar-refractivity contribution in [2.45, 2.75) is 19.1 Å². The number of nitrogens with zero attached hydrogens (tertiary/aromatic N) is 1. The largest absolute Gasteiger partial charge is 0.478 e. The molecule has 1 aromatic carbocycles. The molecule has 5 nitrogen and oxygen atoms in total. The summed E-state index contributed by atoms with van der Waals surface area (Å²) < 4.78 is 26.0. The van der Waals surface area contributed by atoms with Gasteiger partial charge >= 0.3 is 5.97 Å². The van der Waals surface area contributed by atoms with Crippen LogP contribution in [-0.4, -0.2) is 36.9 Å². The standard InChI is InChI=1S/C14H17NO4S/c1-11-5-7-15(8-6-11)20(18,19)10-12-3-2-4-13(9-12)14(16)17/h2-5,9H,6-8,10H2,1H3,(H,16,17). The van der Waals surface area contributed by atoms with Crippen LogP contribution in [0.2, 0.25) is 0 Å². The predicted octanol–water partition coefficient (Wildman–Crippen LogP) is 1.87. The maximum atomic E-state index is 12.3. The Hall–Kier alpha value is -1.66. The number of rotatable bonds is 4. The summed E-state index contributed by atoms with van der Waals surface area (Å²) in [5.74, 6) is -1.22. The number of aromatic carboxylic acids is 1. The zero-order chi connectivity index (χ0) is 14.8. The highest BCUT2D eigenvalue weighted by molar-refractivity contribution is 7.88. The molecule has 20 heavy (non-hydrogen) atoms. The summed E-state index contributed by atoms with van der Waals surface area (Å²) in [6.45, 7) is 2.87. The number of hydrogen-bond acceptors (Lipinski definition) is 3. The quantitative estimate of drug-likeness (QED) is 0.860. The molecule has 0 aliphatic carbocycles. The minimum Gasteiger partial charge on any atom is -0.478 e. The molecule has 0 unspecified atom stereocenters. The first-order valence-corrected chi connectivity index (χ1v) is 7.95. The molecule has 0 atom stereocenters. The lowest BCUT2D eigenvalue weighted by atomic mass is 10.1. The van der Waals surface area contributed by atoms with Gasteiger partial charge in [-0.1, -0.05) is 23.8 Å². The van der Waals surface area contributed by atoms with Gasteiger partial charge in [-0.15, -0.1) is 0 Å². The van der Waals surface area contributed by atoms with Gasteiger partial charge in [-0.05, 0) is 31.0 Å². The minimum atomic E-state index is -3.41. The fourth-order valence-electron chi connectivity index (χ4n) is 2.10. The van der Waals surface area contributed by atoms with E-state index in [1.165, 1.54) is 22.0 Å². The Balaban J connectivity index is 2.16. The minimum absolute atomic E-state index is 0.104. The smallest absolute Gasteiger partial charge is 0.335 e. The summed E-state index contributed by atoms with van der Waals surface area (Å²) in [5, 5.41) is 8.92. The Morgan fingerprint density at radius 1 is 1.40 bits per heavy atom. The van der Waals surface area contributed by atoms with Crippen LogP contribution < -0.4 is 0 Å². The summed E-state index contributed by atoms with van der Waals surface area (Å²) in [4.78, 5) is 10.9. The van der Waals surface area contributed by atoms with Gasteiger partial charge in [0, 0.05) is 13.1 Å². The Bertz CT molecular complexity index is 649. The van der Waals surface area contributed by atoms with Crippen molar-refractivity contribution in [3.05, 3.63) is 47.0 Å². The molecule has 0 fully saturated rings. The molecule has 0 saturated carbocycles. The van der Waals surface area contributed by atoms with E-state index in [9.17, 15) is 13.2 Å². The summed E-state index contributed by atoms with van der Waals surface area (Å²) >= 11 is 0. The number of benzene rings is 1. The molecule has 0 bridgehead atoms. The van der Waals surface area contributed by atoms with Gasteiger partial charge in [0.25, 0.3) is 0 Å². The van der Waals surface area contributed by atoms with Crippen molar-refractivity contribution in [3.63, 3.8) is 0 Å². The average molecular weight is 295 g/mol. The Kier molecular flexibility index (Phi) is 4.25. The zero-order valence-electron chi connectivity index (χ0n) is 11.2. The van der Waals surface area contributed by atoms with Crippen LogP contribution in [-0.2, 0) is 15.8 Å². The summed E-state index contributed by atoms with van der Waals surface area (Å²) in [6.07, 6.45) is 2.66. The van der Waals surface area contributed by atoms with Crippen molar-refractivity contribution >= 4 is 16.0 Å². The first kappa shape index (κ1) is 14.7. The number of carboxylic acids is 1. The molecule has 0 aromatic heterocycles. The highest BCUT2D eigenvalue weighted by Gasteiger charge is 2.23. The topological polar surface area (TPSA) is 74.7 Å². The van der Waals surface area contributed by atoms with E-state index < -0.39 is 16.0 Å². The van der Waals surface area contributed by atoms with E-state index in [0.717, 1.165) is 6.42 Å². The number of carbonyl (C=O) groups is 1. The van der Waals surface area contributed by atoms with E-state index in [-0.39, 0.29) is 11.3 Å². The van der Waals surface area contributed by atoms with E-state index in [1.54, 1.807) is 12.1 Å². The molecule has 0 radical (unpaired) electrons. The van der Waals surface area contributed by atoms with Crippen LogP contribution in [0.25, 0.3) is 0 Å². The molecule has 1 heterocycles. The van der Waals surface area contributed by atoms with E-state index in [0.29, 0.717) is 18.7 Å². The third-order valence-corrected chi connectivity index (χ3v) is 5.13. The third kappa shape index (κ3) is 3.46. The van der Waals surface area contributed by atoms with Crippen molar-refractivity contribution < 1.29 is 18.3 Å². The summed E-state index contributed by atoms with van der Waals surface area (Å²) in [7, 11) is -3.41. The maximum absolute atomic E-state index is 12.3. The lowest BCUT2D eigenvalue weighted by Gasteiger charge is -2.24. The van der Waals surface area contributed by atoms with Crippen LogP contribution in [0.4, 0.5) is 0 Å². The van der Waals surface area contributed by atoms with Crippen molar-refractivity contribution in [2.24, 2.45) is 0 Å². The SMILES string of the molecule is CC1=CCN(S(=O)(=O)Cc2cccc(C(=O)O)c2)CC1. The van der Waals surface area contributed by atoms with Crippen LogP contribution in [0.1, 0.15) is 29.3 Å². The molecule has 1 aliphatic rings. The molecular weight excluding hydrogens is 278 g/mol. The average Bonchev–Trinajstić information content (AvgIpc) is 2.39. The van der Waals surface area contributed by atoms with Gasteiger partial charge in [-0.2, -0.15) is 4.31 Å². The Morgan fingerprint density at radius 3 is 2.75 bits per heavy atom. The van der Waals surface area contributed by atoms with Crippen LogP contribution in [0.15, 0.2) is 35.9 Å². The van der Waals surface area contributed by atoms with Crippen molar-refractivity contribution in [2.75, 3.05) is 13.1 Å². The highest BCUT2D eigenvalue weighted by atomic mass is 32.2. The molecule has 0 spiro atoms. The zero-order valence-corrected chi connectivity index (χ0v) is 12.1. The Morgan fingerprint density at radius 2 is 2.15 bits per heavy atom. The van der Waals surface area contributed by atoms with Crippen molar-refractivity contribution in [3.8, 4) is 0 Å². The van der Waals surface area contributed by atoms with Crippen LogP contribution >= 0.6 is 0 Å². The van der Waals surface area contributed by atoms with Crippen LogP contribution in [0.3, 0.4) is 0 Å². The van der Waals surface area contributed by atoms with Crippen molar-refractivity contribution in [1.82, 2.24) is 4.31 Å². The second-order valence-corrected chi connectivity index (χ2v) is 6.89. The lowest BCUT2D eigenvalue weighted by molar-refractivity contribution is 0.0696. The fraction of sp³-hybridized carbons (Fsp3) is 0.357. The molecule has 1 aromatic rings. The van der Waals surface area contributed by atoms with Gasteiger partial charge in [0.1, 0.15) is 0 Å². The van der Waals surface area contributed by atoms with Gasteiger partial charge in [0.2, 0.25) is 10.0 Å². The van der Waals surface area contributed by atoms with Gasteiger partial charge in [0.15, 0.2) is 0 Å². The lowest BCUT2D eigenvalue weighted by Crippen LogP contribution is -2.35. The molecule has 108 valence electrons. The summed E-state index contributed by atoms with van der Waals surface area (Å²) in [5.41, 5.74) is 1.80. The van der Waals surface area contributed by atoms with Gasteiger partial charge in [-0.25, -0.2) is 13.2 Å². The second-order valence-electron chi connectivity index (χ2n) is 4.92. The normalized spacial score (nSPS) is 16.8. The van der Waals surface area contributed by atoms with E-state index in [4.69, 9.17) is 5.11 Å². The molecular formula is C14H17NO4S. The van der Waals surface area contributed by atoms with Crippen molar-refractivity contribution in [1.29, 1.82) is 0 Å². The highest BCUT2D eigenvalue weighted by Crippen LogP contribution is 2.17. The van der Waals surface area contributed by atoms with Gasteiger partial charge in [-0.3, -0.25) is 0 Å². The van der Waals surface area contributed by atoms with Gasteiger partial charge in [0.05, 0.1) is 11.3 Å². The molecule has 6 heteroatoms. The third-order valence-electron chi connectivity index (χ3n) is 3.32. The van der Waals surface area contributed by atoms with Crippen LogP contribution in [0.5, 0.6) is 0 Å². The monoisotopic (exact) mass is 295 g/mol. The second kappa shape index (κ2) is 5.76. The van der Waals surface area contributed by atoms with Crippen LogP contribution in [0, 0.1) is 0 Å². The maximum Gasteiger partial charge on any atom is 0.335 e. The number of sulfonamides is 1. The van der Waals surface area contributed by atoms with E-state index in [2.05, 4.69) is 0 Å². The van der Waals surface area contributed by atoms with E-state index in [1.807, 2.05) is 13.0 Å². The molecule has 0 amide bonds. The number of hydrogen-bond donors (Lipinski definition) is 1. The Labute approximate surface area is 118 Å². The first-order valence-electron chi connectivity index (χ1n) is 6.34. The summed E-state index contributed by atoms with van der Waals surface area (Å²) in [6, 6.07) is 6.06. The molecule has 0 saturated heterocycles. The fourth-order valence-corrected chi connectivity index (χ4v) is 3.56. The van der Waals surface area contributed by atoms with Gasteiger partial charge < -0.3 is 5.11 Å². The molecule has 1 aliphatic heterocycles. The molecule has 2 rings (SSSR count). The first-order chi connectivity index (χ1) is 9.38.